The molecule has 5 heteroatoms. The first-order valence-electron chi connectivity index (χ1n) is 6.03. The van der Waals surface area contributed by atoms with Crippen LogP contribution in [0.5, 0.6) is 0 Å². The number of anilines is 1. The third kappa shape index (κ3) is 4.04. The van der Waals surface area contributed by atoms with E-state index in [-0.39, 0.29) is 5.91 Å². The highest BCUT2D eigenvalue weighted by Crippen LogP contribution is 2.18. The molecule has 0 aliphatic carbocycles. The Morgan fingerprint density at radius 1 is 1.32 bits per heavy atom. The Labute approximate surface area is 121 Å². The summed E-state index contributed by atoms with van der Waals surface area (Å²) in [6.45, 7) is 4.04. The number of rotatable bonds is 4. The SMILES string of the molecule is Cc1nc(CCC(=O)Nc2ccc(Cl)cc2)sc1C. The molecular formula is C14H15ClN2OS. The summed E-state index contributed by atoms with van der Waals surface area (Å²) in [4.78, 5) is 17.4. The minimum Gasteiger partial charge on any atom is -0.326 e. The Morgan fingerprint density at radius 3 is 2.58 bits per heavy atom. The number of benzene rings is 1. The van der Waals surface area contributed by atoms with E-state index >= 15 is 0 Å². The van der Waals surface area contributed by atoms with Gasteiger partial charge in [-0.05, 0) is 38.1 Å². The van der Waals surface area contributed by atoms with Crippen LogP contribution in [0.3, 0.4) is 0 Å². The molecule has 100 valence electrons. The Morgan fingerprint density at radius 2 is 2.00 bits per heavy atom. The minimum absolute atomic E-state index is 0.00664. The van der Waals surface area contributed by atoms with E-state index in [1.54, 1.807) is 35.6 Å². The van der Waals surface area contributed by atoms with Crippen molar-refractivity contribution in [2.45, 2.75) is 26.7 Å². The van der Waals surface area contributed by atoms with Gasteiger partial charge >= 0.3 is 0 Å². The lowest BCUT2D eigenvalue weighted by Gasteiger charge is -2.04. The second-order valence-electron chi connectivity index (χ2n) is 4.30. The van der Waals surface area contributed by atoms with Crippen molar-refractivity contribution in [2.24, 2.45) is 0 Å². The van der Waals surface area contributed by atoms with Crippen LogP contribution in [0.25, 0.3) is 0 Å². The number of thiazole rings is 1. The third-order valence-electron chi connectivity index (χ3n) is 2.77. The Kier molecular flexibility index (Phi) is 4.56. The van der Waals surface area contributed by atoms with Crippen LogP contribution in [-0.2, 0) is 11.2 Å². The Hall–Kier alpha value is -1.39. The lowest BCUT2D eigenvalue weighted by atomic mass is 10.2. The van der Waals surface area contributed by atoms with Crippen molar-refractivity contribution in [3.8, 4) is 0 Å². The Balaban J connectivity index is 1.86. The summed E-state index contributed by atoms with van der Waals surface area (Å²) in [6.07, 6.45) is 1.12. The van der Waals surface area contributed by atoms with Crippen molar-refractivity contribution in [1.29, 1.82) is 0 Å². The van der Waals surface area contributed by atoms with E-state index in [2.05, 4.69) is 10.3 Å². The van der Waals surface area contributed by atoms with Crippen LogP contribution in [0.1, 0.15) is 22.0 Å². The van der Waals surface area contributed by atoms with Crippen LogP contribution in [-0.4, -0.2) is 10.9 Å². The molecule has 0 unspecified atom stereocenters. The molecule has 2 rings (SSSR count). The number of carbonyl (C=O) groups excluding carboxylic acids is 1. The van der Waals surface area contributed by atoms with Crippen LogP contribution >= 0.6 is 22.9 Å². The molecule has 3 nitrogen and oxygen atoms in total. The van der Waals surface area contributed by atoms with Gasteiger partial charge in [0.25, 0.3) is 0 Å². The van der Waals surface area contributed by atoms with E-state index in [0.717, 1.165) is 16.4 Å². The van der Waals surface area contributed by atoms with Gasteiger partial charge in [0.15, 0.2) is 0 Å². The molecule has 0 aliphatic heterocycles. The van der Waals surface area contributed by atoms with Gasteiger partial charge in [-0.25, -0.2) is 4.98 Å². The summed E-state index contributed by atoms with van der Waals surface area (Å²) in [5.74, 6) is -0.00664. The van der Waals surface area contributed by atoms with E-state index in [9.17, 15) is 4.79 Å². The van der Waals surface area contributed by atoms with Gasteiger partial charge in [0, 0.05) is 28.4 Å². The maximum Gasteiger partial charge on any atom is 0.224 e. The van der Waals surface area contributed by atoms with Gasteiger partial charge in [-0.15, -0.1) is 11.3 Å². The van der Waals surface area contributed by atoms with Gasteiger partial charge in [0.2, 0.25) is 5.91 Å². The van der Waals surface area contributed by atoms with Gasteiger partial charge < -0.3 is 5.32 Å². The molecule has 0 fully saturated rings. The van der Waals surface area contributed by atoms with Gasteiger partial charge in [-0.2, -0.15) is 0 Å². The number of hydrogen-bond donors (Lipinski definition) is 1. The van der Waals surface area contributed by atoms with Crippen molar-refractivity contribution >= 4 is 34.5 Å². The van der Waals surface area contributed by atoms with Crippen LogP contribution in [0.2, 0.25) is 5.02 Å². The molecule has 0 saturated carbocycles. The van der Waals surface area contributed by atoms with E-state index < -0.39 is 0 Å². The average molecular weight is 295 g/mol. The molecule has 0 aliphatic rings. The second kappa shape index (κ2) is 6.17. The zero-order chi connectivity index (χ0) is 13.8. The van der Waals surface area contributed by atoms with Gasteiger partial charge in [0.05, 0.1) is 10.7 Å². The number of amides is 1. The van der Waals surface area contributed by atoms with Crippen molar-refractivity contribution in [1.82, 2.24) is 4.98 Å². The third-order valence-corrected chi connectivity index (χ3v) is 4.15. The highest BCUT2D eigenvalue weighted by atomic mass is 35.5. The molecule has 1 amide bonds. The first kappa shape index (κ1) is 14.0. The number of carbonyl (C=O) groups is 1. The molecule has 0 atom stereocenters. The first-order valence-corrected chi connectivity index (χ1v) is 7.22. The molecule has 0 bridgehead atoms. The molecule has 1 N–H and O–H groups in total. The van der Waals surface area contributed by atoms with E-state index in [0.29, 0.717) is 17.9 Å². The summed E-state index contributed by atoms with van der Waals surface area (Å²) in [5, 5.41) is 4.51. The molecule has 2 aromatic rings. The summed E-state index contributed by atoms with van der Waals surface area (Å²) in [5.41, 5.74) is 1.82. The molecule has 0 radical (unpaired) electrons. The standard InChI is InChI=1S/C14H15ClN2OS/c1-9-10(2)19-14(16-9)8-7-13(18)17-12-5-3-11(15)4-6-12/h3-6H,7-8H2,1-2H3,(H,17,18). The average Bonchev–Trinajstić information content (AvgIpc) is 2.69. The maximum atomic E-state index is 11.8. The molecular weight excluding hydrogens is 280 g/mol. The van der Waals surface area contributed by atoms with Crippen molar-refractivity contribution in [3.05, 3.63) is 44.9 Å². The monoisotopic (exact) mass is 294 g/mol. The number of nitrogens with one attached hydrogen (secondary N) is 1. The highest BCUT2D eigenvalue weighted by Gasteiger charge is 2.07. The highest BCUT2D eigenvalue weighted by molar-refractivity contribution is 7.11. The van der Waals surface area contributed by atoms with Crippen LogP contribution in [0.4, 0.5) is 5.69 Å². The van der Waals surface area contributed by atoms with Crippen molar-refractivity contribution in [2.75, 3.05) is 5.32 Å². The van der Waals surface area contributed by atoms with Crippen molar-refractivity contribution in [3.63, 3.8) is 0 Å². The second-order valence-corrected chi connectivity index (χ2v) is 6.03. The summed E-state index contributed by atoms with van der Waals surface area (Å²) in [7, 11) is 0. The van der Waals surface area contributed by atoms with E-state index in [4.69, 9.17) is 11.6 Å². The molecule has 1 aromatic heterocycles. The smallest absolute Gasteiger partial charge is 0.224 e. The zero-order valence-corrected chi connectivity index (χ0v) is 12.4. The maximum absolute atomic E-state index is 11.8. The van der Waals surface area contributed by atoms with Crippen LogP contribution in [0, 0.1) is 13.8 Å². The van der Waals surface area contributed by atoms with Gasteiger partial charge in [-0.3, -0.25) is 4.79 Å². The fourth-order valence-electron chi connectivity index (χ4n) is 1.62. The molecule has 1 aromatic carbocycles. The topological polar surface area (TPSA) is 42.0 Å². The predicted octanol–water partition coefficient (Wildman–Crippen LogP) is 3.98. The van der Waals surface area contributed by atoms with Gasteiger partial charge in [0.1, 0.15) is 0 Å². The first-order chi connectivity index (χ1) is 9.04. The lowest BCUT2D eigenvalue weighted by Crippen LogP contribution is -2.12. The quantitative estimate of drug-likeness (QED) is 0.926. The fourth-order valence-corrected chi connectivity index (χ4v) is 2.68. The van der Waals surface area contributed by atoms with Crippen LogP contribution < -0.4 is 5.32 Å². The number of aryl methyl sites for hydroxylation is 3. The summed E-state index contributed by atoms with van der Waals surface area (Å²) >= 11 is 7.44. The number of hydrogen-bond acceptors (Lipinski definition) is 3. The number of halogens is 1. The van der Waals surface area contributed by atoms with Crippen LogP contribution in [0.15, 0.2) is 24.3 Å². The molecule has 1 heterocycles. The lowest BCUT2D eigenvalue weighted by molar-refractivity contribution is -0.116. The fraction of sp³-hybridized carbons (Fsp3) is 0.286. The molecule has 0 spiro atoms. The normalized spacial score (nSPS) is 10.5. The summed E-state index contributed by atoms with van der Waals surface area (Å²) < 4.78 is 0. The van der Waals surface area contributed by atoms with Gasteiger partial charge in [-0.1, -0.05) is 11.6 Å². The van der Waals surface area contributed by atoms with E-state index in [1.807, 2.05) is 13.8 Å². The zero-order valence-electron chi connectivity index (χ0n) is 10.9. The number of aromatic nitrogens is 1. The Bertz CT molecular complexity index is 558. The van der Waals surface area contributed by atoms with Crippen molar-refractivity contribution < 1.29 is 4.79 Å². The summed E-state index contributed by atoms with van der Waals surface area (Å²) in [6, 6.07) is 7.09. The number of nitrogens with zero attached hydrogens (tertiary/aromatic N) is 1. The predicted molar refractivity (Wildman–Crippen MR) is 80.0 cm³/mol. The minimum atomic E-state index is -0.00664. The largest absolute Gasteiger partial charge is 0.326 e. The van der Waals surface area contributed by atoms with E-state index in [1.165, 1.54) is 4.88 Å². The molecule has 19 heavy (non-hydrogen) atoms. The molecule has 0 saturated heterocycles.